The van der Waals surface area contributed by atoms with E-state index in [-0.39, 0.29) is 11.8 Å². The van der Waals surface area contributed by atoms with Gasteiger partial charge in [0.05, 0.1) is 24.7 Å². The van der Waals surface area contributed by atoms with Crippen LogP contribution in [-0.4, -0.2) is 35.7 Å². The Balaban J connectivity index is 1.38. The summed E-state index contributed by atoms with van der Waals surface area (Å²) in [6, 6.07) is 23.0. The number of ether oxygens (including phenoxy) is 2. The summed E-state index contributed by atoms with van der Waals surface area (Å²) >= 11 is 6.15. The van der Waals surface area contributed by atoms with E-state index in [4.69, 9.17) is 26.1 Å². The van der Waals surface area contributed by atoms with Crippen LogP contribution in [0.2, 0.25) is 5.02 Å². The van der Waals surface area contributed by atoms with Crippen LogP contribution in [0, 0.1) is 0 Å². The van der Waals surface area contributed by atoms with Gasteiger partial charge in [0.15, 0.2) is 0 Å². The molecule has 33 heavy (non-hydrogen) atoms. The van der Waals surface area contributed by atoms with Gasteiger partial charge in [0.2, 0.25) is 5.91 Å². The van der Waals surface area contributed by atoms with Crippen LogP contribution in [0.5, 0.6) is 11.5 Å². The summed E-state index contributed by atoms with van der Waals surface area (Å²) in [4.78, 5) is 19.6. The van der Waals surface area contributed by atoms with Gasteiger partial charge in [0.1, 0.15) is 23.9 Å². The molecule has 0 spiro atoms. The third-order valence-corrected chi connectivity index (χ3v) is 6.17. The first-order chi connectivity index (χ1) is 16.1. The Bertz CT molecular complexity index is 1290. The number of para-hydroxylation sites is 2. The quantitative estimate of drug-likeness (QED) is 0.375. The van der Waals surface area contributed by atoms with Crippen molar-refractivity contribution < 1.29 is 14.3 Å². The second-order valence-electron chi connectivity index (χ2n) is 8.02. The van der Waals surface area contributed by atoms with Gasteiger partial charge in [-0.1, -0.05) is 29.8 Å². The zero-order valence-electron chi connectivity index (χ0n) is 18.3. The van der Waals surface area contributed by atoms with Gasteiger partial charge in [-0.3, -0.25) is 4.79 Å². The summed E-state index contributed by atoms with van der Waals surface area (Å²) in [7, 11) is 1.64. The molecule has 1 aliphatic rings. The van der Waals surface area contributed by atoms with Crippen LogP contribution < -0.4 is 14.4 Å². The summed E-state index contributed by atoms with van der Waals surface area (Å²) in [5.41, 5.74) is 2.78. The van der Waals surface area contributed by atoms with Gasteiger partial charge in [-0.25, -0.2) is 4.98 Å². The lowest BCUT2D eigenvalue weighted by Crippen LogP contribution is -2.24. The molecule has 3 aromatic carbocycles. The first kappa shape index (κ1) is 21.3. The minimum absolute atomic E-state index is 0.00938. The minimum Gasteiger partial charge on any atom is -0.497 e. The van der Waals surface area contributed by atoms with Gasteiger partial charge < -0.3 is 18.9 Å². The Labute approximate surface area is 197 Å². The van der Waals surface area contributed by atoms with Crippen molar-refractivity contribution in [3.8, 4) is 11.5 Å². The number of rotatable bonds is 7. The fourth-order valence-corrected chi connectivity index (χ4v) is 4.53. The number of hydrogen-bond acceptors (Lipinski definition) is 4. The number of carbonyl (C=O) groups excluding carboxylic acids is 1. The highest BCUT2D eigenvalue weighted by atomic mass is 35.5. The molecule has 1 atom stereocenters. The third-order valence-electron chi connectivity index (χ3n) is 5.94. The number of aromatic nitrogens is 2. The second kappa shape index (κ2) is 9.16. The SMILES string of the molecule is COc1ccc(OCCn2c(C3CC(=O)N(c4cccc(Cl)c4)C3)nc3ccccc32)cc1. The van der Waals surface area contributed by atoms with Crippen LogP contribution in [0.1, 0.15) is 18.2 Å². The maximum Gasteiger partial charge on any atom is 0.227 e. The van der Waals surface area contributed by atoms with E-state index < -0.39 is 0 Å². The van der Waals surface area contributed by atoms with E-state index >= 15 is 0 Å². The molecule has 1 unspecified atom stereocenters. The predicted molar refractivity (Wildman–Crippen MR) is 129 cm³/mol. The molecule has 1 aromatic heterocycles. The fourth-order valence-electron chi connectivity index (χ4n) is 4.34. The molecule has 0 radical (unpaired) electrons. The number of carbonyl (C=O) groups is 1. The van der Waals surface area contributed by atoms with E-state index in [1.165, 1.54) is 0 Å². The maximum absolute atomic E-state index is 12.9. The molecule has 0 saturated carbocycles. The fraction of sp³-hybridized carbons (Fsp3) is 0.231. The van der Waals surface area contributed by atoms with Gasteiger partial charge in [-0.05, 0) is 54.6 Å². The first-order valence-electron chi connectivity index (χ1n) is 10.9. The summed E-state index contributed by atoms with van der Waals surface area (Å²) in [5.74, 6) is 2.55. The van der Waals surface area contributed by atoms with Crippen molar-refractivity contribution in [3.05, 3.63) is 83.6 Å². The Morgan fingerprint density at radius 1 is 1.03 bits per heavy atom. The largest absolute Gasteiger partial charge is 0.497 e. The van der Waals surface area contributed by atoms with Gasteiger partial charge in [-0.2, -0.15) is 0 Å². The van der Waals surface area contributed by atoms with Gasteiger partial charge in [0, 0.05) is 29.6 Å². The number of nitrogens with zero attached hydrogens (tertiary/aromatic N) is 3. The van der Waals surface area contributed by atoms with E-state index in [1.807, 2.05) is 66.7 Å². The number of anilines is 1. The normalized spacial score (nSPS) is 15.9. The lowest BCUT2D eigenvalue weighted by Gasteiger charge is -2.18. The number of benzene rings is 3. The summed E-state index contributed by atoms with van der Waals surface area (Å²) in [6.45, 7) is 1.68. The molecule has 5 rings (SSSR count). The number of amides is 1. The molecule has 1 aliphatic heterocycles. The molecule has 1 saturated heterocycles. The van der Waals surface area contributed by atoms with Crippen molar-refractivity contribution >= 4 is 34.2 Å². The summed E-state index contributed by atoms with van der Waals surface area (Å²) < 4.78 is 13.4. The van der Waals surface area contributed by atoms with Crippen LogP contribution in [0.3, 0.4) is 0 Å². The molecule has 0 N–H and O–H groups in total. The molecule has 1 fully saturated rings. The monoisotopic (exact) mass is 461 g/mol. The standard InChI is InChI=1S/C26H24ClN3O3/c1-32-21-9-11-22(12-10-21)33-14-13-29-24-8-3-2-7-23(24)28-26(29)18-15-25(31)30(17-18)20-6-4-5-19(27)16-20/h2-12,16,18H,13-15,17H2,1H3. The predicted octanol–water partition coefficient (Wildman–Crippen LogP) is 5.30. The zero-order valence-corrected chi connectivity index (χ0v) is 19.0. The topological polar surface area (TPSA) is 56.6 Å². The van der Waals surface area contributed by atoms with Crippen LogP contribution >= 0.6 is 11.6 Å². The van der Waals surface area contributed by atoms with Crippen molar-refractivity contribution in [2.24, 2.45) is 0 Å². The molecule has 7 heteroatoms. The highest BCUT2D eigenvalue weighted by Gasteiger charge is 2.34. The number of imidazole rings is 1. The Morgan fingerprint density at radius 3 is 2.61 bits per heavy atom. The van der Waals surface area contributed by atoms with Gasteiger partial charge in [-0.15, -0.1) is 0 Å². The third kappa shape index (κ3) is 4.39. The number of methoxy groups -OCH3 is 1. The Hall–Kier alpha value is -3.51. The summed E-state index contributed by atoms with van der Waals surface area (Å²) in [6.07, 6.45) is 0.412. The molecule has 4 aromatic rings. The zero-order chi connectivity index (χ0) is 22.8. The van der Waals surface area contributed by atoms with Crippen molar-refractivity contribution in [1.29, 1.82) is 0 Å². The number of halogens is 1. The van der Waals surface area contributed by atoms with Crippen molar-refractivity contribution in [2.45, 2.75) is 18.9 Å². The highest BCUT2D eigenvalue weighted by Crippen LogP contribution is 2.34. The number of fused-ring (bicyclic) bond motifs is 1. The van der Waals surface area contributed by atoms with E-state index in [9.17, 15) is 4.79 Å². The lowest BCUT2D eigenvalue weighted by atomic mass is 10.1. The van der Waals surface area contributed by atoms with Crippen molar-refractivity contribution in [3.63, 3.8) is 0 Å². The molecule has 1 amide bonds. The molecule has 168 valence electrons. The smallest absolute Gasteiger partial charge is 0.227 e. The average molecular weight is 462 g/mol. The minimum atomic E-state index is -0.00938. The maximum atomic E-state index is 12.9. The molecule has 0 bridgehead atoms. The van der Waals surface area contributed by atoms with Gasteiger partial charge >= 0.3 is 0 Å². The highest BCUT2D eigenvalue weighted by molar-refractivity contribution is 6.30. The van der Waals surface area contributed by atoms with Crippen molar-refractivity contribution in [2.75, 3.05) is 25.2 Å². The molecular weight excluding hydrogens is 438 g/mol. The van der Waals surface area contributed by atoms with Crippen LogP contribution in [0.25, 0.3) is 11.0 Å². The van der Waals surface area contributed by atoms with Crippen molar-refractivity contribution in [1.82, 2.24) is 9.55 Å². The van der Waals surface area contributed by atoms with Crippen LogP contribution in [0.15, 0.2) is 72.8 Å². The van der Waals surface area contributed by atoms with E-state index in [2.05, 4.69) is 10.6 Å². The van der Waals surface area contributed by atoms with E-state index in [0.717, 1.165) is 34.0 Å². The molecule has 2 heterocycles. The Kier molecular flexibility index (Phi) is 5.92. The Morgan fingerprint density at radius 2 is 1.82 bits per heavy atom. The summed E-state index contributed by atoms with van der Waals surface area (Å²) in [5, 5.41) is 0.617. The van der Waals surface area contributed by atoms with Gasteiger partial charge in [0.25, 0.3) is 0 Å². The van der Waals surface area contributed by atoms with E-state index in [0.29, 0.717) is 31.1 Å². The number of hydrogen-bond donors (Lipinski definition) is 0. The molecule has 6 nitrogen and oxygen atoms in total. The average Bonchev–Trinajstić information content (AvgIpc) is 3.40. The lowest BCUT2D eigenvalue weighted by molar-refractivity contribution is -0.117. The van der Waals surface area contributed by atoms with Crippen LogP contribution in [0.4, 0.5) is 5.69 Å². The first-order valence-corrected chi connectivity index (χ1v) is 11.3. The van der Waals surface area contributed by atoms with E-state index in [1.54, 1.807) is 12.0 Å². The molecular formula is C26H24ClN3O3. The van der Waals surface area contributed by atoms with Crippen LogP contribution in [-0.2, 0) is 11.3 Å². The second-order valence-corrected chi connectivity index (χ2v) is 8.46. The molecule has 0 aliphatic carbocycles.